The summed E-state index contributed by atoms with van der Waals surface area (Å²) in [6, 6.07) is 12.4. The van der Waals surface area contributed by atoms with Gasteiger partial charge < -0.3 is 4.98 Å². The molecule has 0 aliphatic heterocycles. The number of H-pyrrole nitrogens is 1. The highest BCUT2D eigenvalue weighted by Gasteiger charge is 1.99. The predicted octanol–water partition coefficient (Wildman–Crippen LogP) is 3.58. The molecular formula is C17H14N2. The quantitative estimate of drug-likeness (QED) is 0.603. The van der Waals surface area contributed by atoms with Crippen LogP contribution in [0.25, 0.3) is 11.0 Å². The highest BCUT2D eigenvalue weighted by atomic mass is 14.8. The number of rotatable bonds is 0. The molecule has 0 spiro atoms. The lowest BCUT2D eigenvalue weighted by Crippen LogP contribution is -1.78. The van der Waals surface area contributed by atoms with Gasteiger partial charge in [-0.3, -0.25) is 0 Å². The minimum Gasteiger partial charge on any atom is -0.333 e. The molecule has 2 aromatic heterocycles. The second kappa shape index (κ2) is 4.62. The van der Waals surface area contributed by atoms with Gasteiger partial charge in [-0.25, -0.2) is 4.98 Å². The van der Waals surface area contributed by atoms with Crippen LogP contribution in [0.3, 0.4) is 0 Å². The summed E-state index contributed by atoms with van der Waals surface area (Å²) in [6.07, 6.45) is 1.86. The van der Waals surface area contributed by atoms with Crippen LogP contribution in [0.1, 0.15) is 22.4 Å². The van der Waals surface area contributed by atoms with E-state index in [9.17, 15) is 0 Å². The van der Waals surface area contributed by atoms with Gasteiger partial charge in [-0.2, -0.15) is 0 Å². The van der Waals surface area contributed by atoms with Crippen molar-refractivity contribution in [3.63, 3.8) is 0 Å². The molecule has 0 atom stereocenters. The number of pyridine rings is 1. The van der Waals surface area contributed by atoms with E-state index in [0.717, 1.165) is 27.9 Å². The van der Waals surface area contributed by atoms with E-state index in [0.29, 0.717) is 0 Å². The Morgan fingerprint density at radius 3 is 2.53 bits per heavy atom. The van der Waals surface area contributed by atoms with Crippen molar-refractivity contribution in [1.82, 2.24) is 9.97 Å². The minimum absolute atomic E-state index is 0.888. The van der Waals surface area contributed by atoms with Crippen LogP contribution in [0.15, 0.2) is 42.6 Å². The SMILES string of the molecule is Cc1ccc(C#Cc2cc3cc(C)cnc3[nH]2)cc1. The fraction of sp³-hybridized carbons (Fsp3) is 0.118. The zero-order chi connectivity index (χ0) is 13.2. The van der Waals surface area contributed by atoms with Crippen LogP contribution in [0.2, 0.25) is 0 Å². The number of aromatic nitrogens is 2. The molecule has 0 saturated heterocycles. The van der Waals surface area contributed by atoms with Gasteiger partial charge in [0.25, 0.3) is 0 Å². The van der Waals surface area contributed by atoms with Gasteiger partial charge in [0.15, 0.2) is 0 Å². The van der Waals surface area contributed by atoms with Crippen molar-refractivity contribution in [1.29, 1.82) is 0 Å². The van der Waals surface area contributed by atoms with Crippen molar-refractivity contribution in [2.24, 2.45) is 0 Å². The van der Waals surface area contributed by atoms with E-state index < -0.39 is 0 Å². The number of nitrogens with one attached hydrogen (secondary N) is 1. The molecule has 1 aromatic carbocycles. The lowest BCUT2D eigenvalue weighted by atomic mass is 10.1. The Labute approximate surface area is 112 Å². The highest BCUT2D eigenvalue weighted by Crippen LogP contribution is 2.13. The first-order valence-corrected chi connectivity index (χ1v) is 6.25. The van der Waals surface area contributed by atoms with Gasteiger partial charge in [-0.1, -0.05) is 23.6 Å². The third-order valence-corrected chi connectivity index (χ3v) is 3.00. The monoisotopic (exact) mass is 246 g/mol. The molecule has 0 aliphatic rings. The molecule has 2 nitrogen and oxygen atoms in total. The molecule has 0 bridgehead atoms. The van der Waals surface area contributed by atoms with Gasteiger partial charge in [0, 0.05) is 17.1 Å². The lowest BCUT2D eigenvalue weighted by molar-refractivity contribution is 1.28. The third kappa shape index (κ3) is 2.51. The molecule has 0 saturated carbocycles. The van der Waals surface area contributed by atoms with Gasteiger partial charge in [0.1, 0.15) is 5.65 Å². The molecule has 0 fully saturated rings. The summed E-state index contributed by atoms with van der Waals surface area (Å²) in [5.41, 5.74) is 5.21. The smallest absolute Gasteiger partial charge is 0.138 e. The van der Waals surface area contributed by atoms with E-state index in [1.807, 2.05) is 31.3 Å². The van der Waals surface area contributed by atoms with E-state index in [2.05, 4.69) is 46.9 Å². The summed E-state index contributed by atoms with van der Waals surface area (Å²) >= 11 is 0. The highest BCUT2D eigenvalue weighted by molar-refractivity contribution is 5.78. The summed E-state index contributed by atoms with van der Waals surface area (Å²) in [4.78, 5) is 7.56. The standard InChI is InChI=1S/C17H14N2/c1-12-3-5-14(6-4-12)7-8-16-10-15-9-13(2)11-18-17(15)19-16/h3-6,9-11H,1-2H3,(H,18,19). The predicted molar refractivity (Wildman–Crippen MR) is 78.0 cm³/mol. The maximum atomic E-state index is 4.34. The Bertz CT molecular complexity index is 783. The summed E-state index contributed by atoms with van der Waals surface area (Å²) in [6.45, 7) is 4.11. The maximum Gasteiger partial charge on any atom is 0.138 e. The Balaban J connectivity index is 1.95. The number of fused-ring (bicyclic) bond motifs is 1. The average Bonchev–Trinajstić information content (AvgIpc) is 2.80. The average molecular weight is 246 g/mol. The number of aromatic amines is 1. The molecule has 1 N–H and O–H groups in total. The van der Waals surface area contributed by atoms with Crippen LogP contribution in [0.5, 0.6) is 0 Å². The van der Waals surface area contributed by atoms with Crippen LogP contribution < -0.4 is 0 Å². The van der Waals surface area contributed by atoms with Crippen LogP contribution in [0, 0.1) is 25.7 Å². The summed E-state index contributed by atoms with van der Waals surface area (Å²) in [5, 5.41) is 1.10. The van der Waals surface area contributed by atoms with E-state index >= 15 is 0 Å². The third-order valence-electron chi connectivity index (χ3n) is 3.00. The Morgan fingerprint density at radius 1 is 0.947 bits per heavy atom. The summed E-state index contributed by atoms with van der Waals surface area (Å²) < 4.78 is 0. The van der Waals surface area contributed by atoms with Crippen LogP contribution in [-0.4, -0.2) is 9.97 Å². The van der Waals surface area contributed by atoms with Gasteiger partial charge in [0.2, 0.25) is 0 Å². The number of nitrogens with zero attached hydrogens (tertiary/aromatic N) is 1. The molecule has 2 heteroatoms. The van der Waals surface area contributed by atoms with Crippen LogP contribution in [0.4, 0.5) is 0 Å². The van der Waals surface area contributed by atoms with Gasteiger partial charge in [0.05, 0.1) is 5.69 Å². The van der Waals surface area contributed by atoms with E-state index in [1.165, 1.54) is 5.56 Å². The van der Waals surface area contributed by atoms with E-state index in [-0.39, 0.29) is 0 Å². The van der Waals surface area contributed by atoms with Crippen LogP contribution in [-0.2, 0) is 0 Å². The minimum atomic E-state index is 0.888. The Hall–Kier alpha value is -2.53. The largest absolute Gasteiger partial charge is 0.333 e. The first-order valence-electron chi connectivity index (χ1n) is 6.25. The number of benzene rings is 1. The molecule has 0 unspecified atom stereocenters. The molecule has 0 radical (unpaired) electrons. The van der Waals surface area contributed by atoms with E-state index in [1.54, 1.807) is 0 Å². The van der Waals surface area contributed by atoms with Crippen LogP contribution >= 0.6 is 0 Å². The topological polar surface area (TPSA) is 28.7 Å². The van der Waals surface area contributed by atoms with Crippen molar-refractivity contribution < 1.29 is 0 Å². The fourth-order valence-corrected chi connectivity index (χ4v) is 1.97. The summed E-state index contributed by atoms with van der Waals surface area (Å²) in [7, 11) is 0. The molecule has 0 aliphatic carbocycles. The molecule has 92 valence electrons. The maximum absolute atomic E-state index is 4.34. The second-order valence-corrected chi connectivity index (χ2v) is 4.75. The van der Waals surface area contributed by atoms with Crippen molar-refractivity contribution in [3.8, 4) is 11.8 Å². The second-order valence-electron chi connectivity index (χ2n) is 4.75. The first kappa shape index (κ1) is 11.6. The molecule has 3 rings (SSSR count). The van der Waals surface area contributed by atoms with Crippen molar-refractivity contribution in [2.75, 3.05) is 0 Å². The fourth-order valence-electron chi connectivity index (χ4n) is 1.97. The molecule has 2 heterocycles. The Morgan fingerprint density at radius 2 is 1.74 bits per heavy atom. The van der Waals surface area contributed by atoms with Crippen molar-refractivity contribution in [3.05, 3.63) is 65.0 Å². The number of hydrogen-bond donors (Lipinski definition) is 1. The summed E-state index contributed by atoms with van der Waals surface area (Å²) in [5.74, 6) is 6.30. The molecule has 0 amide bonds. The lowest BCUT2D eigenvalue weighted by Gasteiger charge is -1.91. The normalized spacial score (nSPS) is 10.2. The van der Waals surface area contributed by atoms with Gasteiger partial charge in [-0.15, -0.1) is 0 Å². The van der Waals surface area contributed by atoms with Gasteiger partial charge >= 0.3 is 0 Å². The molecular weight excluding hydrogens is 232 g/mol. The molecule has 19 heavy (non-hydrogen) atoms. The molecule has 3 aromatic rings. The first-order chi connectivity index (χ1) is 9.20. The van der Waals surface area contributed by atoms with Gasteiger partial charge in [-0.05, 0) is 49.6 Å². The zero-order valence-electron chi connectivity index (χ0n) is 11.0. The van der Waals surface area contributed by atoms with E-state index in [4.69, 9.17) is 0 Å². The number of aryl methyl sites for hydroxylation is 2. The number of hydrogen-bond acceptors (Lipinski definition) is 1. The Kier molecular flexibility index (Phi) is 2.81. The van der Waals surface area contributed by atoms with Crippen molar-refractivity contribution >= 4 is 11.0 Å². The van der Waals surface area contributed by atoms with Crippen molar-refractivity contribution in [2.45, 2.75) is 13.8 Å². The zero-order valence-corrected chi connectivity index (χ0v) is 11.0.